The molecule has 0 aliphatic carbocycles. The van der Waals surface area contributed by atoms with E-state index in [2.05, 4.69) is 4.74 Å². The van der Waals surface area contributed by atoms with Crippen molar-refractivity contribution in [2.75, 3.05) is 19.8 Å². The van der Waals surface area contributed by atoms with E-state index in [0.29, 0.717) is 13.2 Å². The van der Waals surface area contributed by atoms with Crippen LogP contribution in [-0.4, -0.2) is 31.8 Å². The van der Waals surface area contributed by atoms with E-state index in [1.807, 2.05) is 0 Å². The van der Waals surface area contributed by atoms with Crippen molar-refractivity contribution in [2.45, 2.75) is 20.0 Å². The van der Waals surface area contributed by atoms with E-state index >= 15 is 0 Å². The average Bonchev–Trinajstić information content (AvgIpc) is 2.01. The SMILES string of the molecule is CCOC(=O)COC(C)CN. The fraction of sp³-hybridized carbons (Fsp3) is 0.857. The van der Waals surface area contributed by atoms with Gasteiger partial charge in [0.1, 0.15) is 6.61 Å². The van der Waals surface area contributed by atoms with Gasteiger partial charge in [0.15, 0.2) is 0 Å². The van der Waals surface area contributed by atoms with Crippen LogP contribution in [0.2, 0.25) is 0 Å². The van der Waals surface area contributed by atoms with Gasteiger partial charge in [0, 0.05) is 6.54 Å². The Hall–Kier alpha value is -0.610. The number of ether oxygens (including phenoxy) is 2. The second kappa shape index (κ2) is 6.12. The highest BCUT2D eigenvalue weighted by Gasteiger charge is 2.04. The van der Waals surface area contributed by atoms with Crippen molar-refractivity contribution in [2.24, 2.45) is 5.73 Å². The maximum absolute atomic E-state index is 10.7. The smallest absolute Gasteiger partial charge is 0.332 e. The maximum Gasteiger partial charge on any atom is 0.332 e. The fourth-order valence-corrected chi connectivity index (χ4v) is 0.481. The van der Waals surface area contributed by atoms with Gasteiger partial charge in [-0.05, 0) is 13.8 Å². The van der Waals surface area contributed by atoms with E-state index in [0.717, 1.165) is 0 Å². The molecule has 0 rings (SSSR count). The summed E-state index contributed by atoms with van der Waals surface area (Å²) in [4.78, 5) is 10.7. The van der Waals surface area contributed by atoms with Gasteiger partial charge < -0.3 is 15.2 Å². The van der Waals surface area contributed by atoms with Crippen LogP contribution >= 0.6 is 0 Å². The van der Waals surface area contributed by atoms with E-state index in [-0.39, 0.29) is 18.7 Å². The van der Waals surface area contributed by atoms with Gasteiger partial charge in [-0.1, -0.05) is 0 Å². The van der Waals surface area contributed by atoms with Crippen molar-refractivity contribution in [3.05, 3.63) is 0 Å². The van der Waals surface area contributed by atoms with Crippen LogP contribution in [0, 0.1) is 0 Å². The summed E-state index contributed by atoms with van der Waals surface area (Å²) in [7, 11) is 0. The minimum Gasteiger partial charge on any atom is -0.464 e. The van der Waals surface area contributed by atoms with Crippen LogP contribution in [0.15, 0.2) is 0 Å². The van der Waals surface area contributed by atoms with Crippen molar-refractivity contribution in [3.8, 4) is 0 Å². The quantitative estimate of drug-likeness (QED) is 0.572. The predicted octanol–water partition coefficient (Wildman–Crippen LogP) is -0.0867. The van der Waals surface area contributed by atoms with Crippen molar-refractivity contribution < 1.29 is 14.3 Å². The van der Waals surface area contributed by atoms with Crippen LogP contribution in [0.1, 0.15) is 13.8 Å². The van der Waals surface area contributed by atoms with Crippen molar-refractivity contribution in [3.63, 3.8) is 0 Å². The lowest BCUT2D eigenvalue weighted by atomic mass is 10.4. The molecule has 4 nitrogen and oxygen atoms in total. The third-order valence-electron chi connectivity index (χ3n) is 1.12. The first-order valence-corrected chi connectivity index (χ1v) is 3.68. The zero-order chi connectivity index (χ0) is 8.69. The zero-order valence-electron chi connectivity index (χ0n) is 7.00. The number of nitrogens with two attached hydrogens (primary N) is 1. The minimum absolute atomic E-state index is 0.00773. The van der Waals surface area contributed by atoms with Gasteiger partial charge in [-0.3, -0.25) is 0 Å². The maximum atomic E-state index is 10.7. The standard InChI is InChI=1S/C7H15NO3/c1-3-10-7(9)5-11-6(2)4-8/h6H,3-5,8H2,1-2H3. The summed E-state index contributed by atoms with van der Waals surface area (Å²) < 4.78 is 9.64. The summed E-state index contributed by atoms with van der Waals surface area (Å²) in [6.07, 6.45) is -0.0839. The molecule has 0 aromatic rings. The zero-order valence-corrected chi connectivity index (χ0v) is 7.00. The third-order valence-corrected chi connectivity index (χ3v) is 1.12. The number of hydrogen-bond donors (Lipinski definition) is 1. The molecule has 0 aromatic carbocycles. The Morgan fingerprint density at radius 1 is 1.64 bits per heavy atom. The van der Waals surface area contributed by atoms with E-state index in [9.17, 15) is 4.79 Å². The summed E-state index contributed by atoms with van der Waals surface area (Å²) in [6, 6.07) is 0. The molecule has 0 aliphatic rings. The molecular weight excluding hydrogens is 146 g/mol. The van der Waals surface area contributed by atoms with Crippen LogP contribution in [0.4, 0.5) is 0 Å². The molecule has 0 saturated carbocycles. The minimum atomic E-state index is -0.340. The molecule has 11 heavy (non-hydrogen) atoms. The summed E-state index contributed by atoms with van der Waals surface area (Å²) in [6.45, 7) is 4.36. The molecule has 0 aliphatic heterocycles. The molecule has 0 fully saturated rings. The third kappa shape index (κ3) is 5.82. The Bertz CT molecular complexity index is 116. The second-order valence-electron chi connectivity index (χ2n) is 2.16. The highest BCUT2D eigenvalue weighted by atomic mass is 16.6. The van der Waals surface area contributed by atoms with Crippen LogP contribution in [-0.2, 0) is 14.3 Å². The van der Waals surface area contributed by atoms with Crippen LogP contribution in [0.25, 0.3) is 0 Å². The first kappa shape index (κ1) is 10.4. The molecule has 0 radical (unpaired) electrons. The summed E-state index contributed by atoms with van der Waals surface area (Å²) in [5.74, 6) is -0.340. The number of carbonyl (C=O) groups excluding carboxylic acids is 1. The van der Waals surface area contributed by atoms with Gasteiger partial charge in [-0.2, -0.15) is 0 Å². The first-order valence-electron chi connectivity index (χ1n) is 3.68. The van der Waals surface area contributed by atoms with Crippen LogP contribution < -0.4 is 5.73 Å². The summed E-state index contributed by atoms with van der Waals surface area (Å²) >= 11 is 0. The largest absolute Gasteiger partial charge is 0.464 e. The Kier molecular flexibility index (Phi) is 5.78. The van der Waals surface area contributed by atoms with Gasteiger partial charge in [0.25, 0.3) is 0 Å². The first-order chi connectivity index (χ1) is 5.20. The van der Waals surface area contributed by atoms with Gasteiger partial charge in [-0.15, -0.1) is 0 Å². The number of rotatable bonds is 5. The Morgan fingerprint density at radius 3 is 2.73 bits per heavy atom. The van der Waals surface area contributed by atoms with E-state index < -0.39 is 0 Å². The Balaban J connectivity index is 3.30. The second-order valence-corrected chi connectivity index (χ2v) is 2.16. The summed E-state index contributed by atoms with van der Waals surface area (Å²) in [5, 5.41) is 0. The van der Waals surface area contributed by atoms with E-state index in [1.165, 1.54) is 0 Å². The van der Waals surface area contributed by atoms with Crippen molar-refractivity contribution >= 4 is 5.97 Å². The predicted molar refractivity (Wildman–Crippen MR) is 41.1 cm³/mol. The Labute approximate surface area is 66.7 Å². The molecule has 0 amide bonds. The van der Waals surface area contributed by atoms with E-state index in [4.69, 9.17) is 10.5 Å². The van der Waals surface area contributed by atoms with Gasteiger partial charge >= 0.3 is 5.97 Å². The lowest BCUT2D eigenvalue weighted by Gasteiger charge is -2.08. The molecule has 0 bridgehead atoms. The Morgan fingerprint density at radius 2 is 2.27 bits per heavy atom. The molecule has 2 N–H and O–H groups in total. The molecule has 1 atom stereocenters. The molecule has 0 saturated heterocycles. The highest BCUT2D eigenvalue weighted by Crippen LogP contribution is 1.88. The molecule has 66 valence electrons. The number of hydrogen-bond acceptors (Lipinski definition) is 4. The van der Waals surface area contributed by atoms with E-state index in [1.54, 1.807) is 13.8 Å². The fourth-order valence-electron chi connectivity index (χ4n) is 0.481. The molecule has 0 aromatic heterocycles. The monoisotopic (exact) mass is 161 g/mol. The molecular formula is C7H15NO3. The van der Waals surface area contributed by atoms with Gasteiger partial charge in [0.05, 0.1) is 12.7 Å². The lowest BCUT2D eigenvalue weighted by Crippen LogP contribution is -2.24. The normalized spacial score (nSPS) is 12.6. The number of carbonyl (C=O) groups is 1. The molecule has 0 spiro atoms. The molecule has 1 unspecified atom stereocenters. The van der Waals surface area contributed by atoms with Gasteiger partial charge in [-0.25, -0.2) is 4.79 Å². The highest BCUT2D eigenvalue weighted by molar-refractivity contribution is 5.70. The van der Waals surface area contributed by atoms with Gasteiger partial charge in [0.2, 0.25) is 0 Å². The van der Waals surface area contributed by atoms with Crippen molar-refractivity contribution in [1.29, 1.82) is 0 Å². The topological polar surface area (TPSA) is 61.5 Å². The van der Waals surface area contributed by atoms with Crippen molar-refractivity contribution in [1.82, 2.24) is 0 Å². The summed E-state index contributed by atoms with van der Waals surface area (Å²) in [5.41, 5.74) is 5.26. The molecule has 4 heteroatoms. The lowest BCUT2D eigenvalue weighted by molar-refractivity contribution is -0.150. The van der Waals surface area contributed by atoms with Crippen LogP contribution in [0.5, 0.6) is 0 Å². The number of esters is 1. The molecule has 0 heterocycles. The average molecular weight is 161 g/mol. The van der Waals surface area contributed by atoms with Crippen LogP contribution in [0.3, 0.4) is 0 Å².